The fourth-order valence-electron chi connectivity index (χ4n) is 1.36. The predicted molar refractivity (Wildman–Crippen MR) is 71.1 cm³/mol. The predicted octanol–water partition coefficient (Wildman–Crippen LogP) is 5.77. The average Bonchev–Trinajstić information content (AvgIpc) is 2.62. The Morgan fingerprint density at radius 1 is 1.29 bits per heavy atom. The molecule has 0 bridgehead atoms. The Morgan fingerprint density at radius 2 is 2.00 bits per heavy atom. The topological polar surface area (TPSA) is 0 Å². The van der Waals surface area contributed by atoms with E-state index < -0.39 is 17.0 Å². The molecule has 0 saturated heterocycles. The summed E-state index contributed by atoms with van der Waals surface area (Å²) in [6.07, 6.45) is 0. The third-order valence-electron chi connectivity index (χ3n) is 2.17. The van der Waals surface area contributed by atoms with Gasteiger partial charge in [0.25, 0.3) is 0 Å². The average molecular weight is 358 g/mol. The molecule has 0 aliphatic rings. The molecular weight excluding hydrogens is 353 g/mol. The zero-order chi connectivity index (χ0) is 12.6. The number of hydrogen-bond acceptors (Lipinski definition) is 1. The van der Waals surface area contributed by atoms with E-state index in [4.69, 9.17) is 23.2 Å². The van der Waals surface area contributed by atoms with E-state index in [0.717, 1.165) is 9.85 Å². The van der Waals surface area contributed by atoms with Crippen LogP contribution < -0.4 is 0 Å². The second-order valence-electron chi connectivity index (χ2n) is 3.28. The SMILES string of the molecule is Fc1cccc(C(Cl)c2cc(Cl)c(Br)s2)c1F. The van der Waals surface area contributed by atoms with Crippen LogP contribution in [0.2, 0.25) is 5.02 Å². The Labute approximate surface area is 119 Å². The lowest BCUT2D eigenvalue weighted by Crippen LogP contribution is -1.97. The lowest BCUT2D eigenvalue weighted by atomic mass is 10.1. The Morgan fingerprint density at radius 3 is 2.59 bits per heavy atom. The molecule has 0 radical (unpaired) electrons. The molecule has 90 valence electrons. The molecule has 1 unspecified atom stereocenters. The van der Waals surface area contributed by atoms with Crippen LogP contribution in [0.25, 0.3) is 0 Å². The molecule has 0 N–H and O–H groups in total. The third kappa shape index (κ3) is 2.65. The Kier molecular flexibility index (Phi) is 4.08. The molecule has 6 heteroatoms. The second-order valence-corrected chi connectivity index (χ2v) is 6.52. The zero-order valence-corrected chi connectivity index (χ0v) is 12.1. The van der Waals surface area contributed by atoms with E-state index in [1.807, 2.05) is 0 Å². The molecule has 0 spiro atoms. The van der Waals surface area contributed by atoms with Crippen LogP contribution in [0.1, 0.15) is 15.8 Å². The first-order chi connectivity index (χ1) is 8.00. The van der Waals surface area contributed by atoms with Gasteiger partial charge in [0.1, 0.15) is 0 Å². The van der Waals surface area contributed by atoms with Crippen molar-refractivity contribution in [2.45, 2.75) is 5.38 Å². The number of hydrogen-bond donors (Lipinski definition) is 0. The van der Waals surface area contributed by atoms with Crippen LogP contribution in [0.3, 0.4) is 0 Å². The number of thiophene rings is 1. The van der Waals surface area contributed by atoms with Gasteiger partial charge in [-0.05, 0) is 28.1 Å². The molecule has 1 atom stereocenters. The maximum absolute atomic E-state index is 13.5. The minimum absolute atomic E-state index is 0.108. The van der Waals surface area contributed by atoms with E-state index in [9.17, 15) is 8.78 Å². The Bertz CT molecular complexity index is 537. The first kappa shape index (κ1) is 13.3. The van der Waals surface area contributed by atoms with Gasteiger partial charge >= 0.3 is 0 Å². The van der Waals surface area contributed by atoms with Crippen molar-refractivity contribution in [1.29, 1.82) is 0 Å². The van der Waals surface area contributed by atoms with Gasteiger partial charge in [0, 0.05) is 10.4 Å². The van der Waals surface area contributed by atoms with Crippen LogP contribution in [-0.4, -0.2) is 0 Å². The van der Waals surface area contributed by atoms with Crippen molar-refractivity contribution in [3.8, 4) is 0 Å². The summed E-state index contributed by atoms with van der Waals surface area (Å²) in [5, 5.41) is -0.244. The summed E-state index contributed by atoms with van der Waals surface area (Å²) in [5.74, 6) is -1.83. The first-order valence-corrected chi connectivity index (χ1v) is 6.96. The van der Waals surface area contributed by atoms with Gasteiger partial charge in [0.2, 0.25) is 0 Å². The highest BCUT2D eigenvalue weighted by Gasteiger charge is 2.20. The third-order valence-corrected chi connectivity index (χ3v) is 5.31. The first-order valence-electron chi connectivity index (χ1n) is 4.53. The lowest BCUT2D eigenvalue weighted by Gasteiger charge is -2.08. The van der Waals surface area contributed by atoms with Crippen molar-refractivity contribution in [1.82, 2.24) is 0 Å². The molecule has 2 aromatic rings. The highest BCUT2D eigenvalue weighted by atomic mass is 79.9. The molecule has 17 heavy (non-hydrogen) atoms. The molecule has 1 heterocycles. The quantitative estimate of drug-likeness (QED) is 0.598. The number of rotatable bonds is 2. The molecule has 0 saturated carbocycles. The molecule has 0 aliphatic carbocycles. The molecule has 0 aliphatic heterocycles. The van der Waals surface area contributed by atoms with Crippen LogP contribution in [0, 0.1) is 11.6 Å². The largest absolute Gasteiger partial charge is 0.204 e. The van der Waals surface area contributed by atoms with E-state index in [1.54, 1.807) is 6.07 Å². The van der Waals surface area contributed by atoms with E-state index >= 15 is 0 Å². The second kappa shape index (κ2) is 5.22. The van der Waals surface area contributed by atoms with Gasteiger partial charge in [-0.1, -0.05) is 23.7 Å². The molecule has 0 amide bonds. The Balaban J connectivity index is 2.43. The molecule has 1 aromatic heterocycles. The van der Waals surface area contributed by atoms with E-state index in [1.165, 1.54) is 23.5 Å². The van der Waals surface area contributed by atoms with Gasteiger partial charge in [-0.2, -0.15) is 0 Å². The fraction of sp³-hybridized carbons (Fsp3) is 0.0909. The van der Waals surface area contributed by atoms with Crippen molar-refractivity contribution in [3.05, 3.63) is 55.1 Å². The minimum atomic E-state index is -0.923. The van der Waals surface area contributed by atoms with Crippen molar-refractivity contribution < 1.29 is 8.78 Å². The molecular formula is C11H5BrCl2F2S. The Hall–Kier alpha value is -0.160. The maximum atomic E-state index is 13.5. The maximum Gasteiger partial charge on any atom is 0.163 e. The summed E-state index contributed by atoms with van der Waals surface area (Å²) in [6.45, 7) is 0. The smallest absolute Gasteiger partial charge is 0.163 e. The molecule has 0 nitrogen and oxygen atoms in total. The van der Waals surface area contributed by atoms with E-state index in [-0.39, 0.29) is 5.56 Å². The summed E-state index contributed by atoms with van der Waals surface area (Å²) in [7, 11) is 0. The van der Waals surface area contributed by atoms with Gasteiger partial charge < -0.3 is 0 Å². The fourth-order valence-corrected chi connectivity index (χ4v) is 3.47. The van der Waals surface area contributed by atoms with Gasteiger partial charge in [-0.3, -0.25) is 0 Å². The monoisotopic (exact) mass is 356 g/mol. The van der Waals surface area contributed by atoms with Crippen molar-refractivity contribution in [2.75, 3.05) is 0 Å². The van der Waals surface area contributed by atoms with Crippen LogP contribution in [0.4, 0.5) is 8.78 Å². The summed E-state index contributed by atoms with van der Waals surface area (Å²) < 4.78 is 27.3. The summed E-state index contributed by atoms with van der Waals surface area (Å²) in [5.41, 5.74) is 0.108. The minimum Gasteiger partial charge on any atom is -0.204 e. The lowest BCUT2D eigenvalue weighted by molar-refractivity contribution is 0.500. The summed E-state index contributed by atoms with van der Waals surface area (Å²) >= 11 is 16.5. The van der Waals surface area contributed by atoms with Crippen LogP contribution in [0.15, 0.2) is 28.1 Å². The van der Waals surface area contributed by atoms with Gasteiger partial charge in [-0.15, -0.1) is 22.9 Å². The molecule has 0 fully saturated rings. The standard InChI is InChI=1S/C11H5BrCl2F2S/c12-11-6(13)4-8(17-11)9(14)5-2-1-3-7(15)10(5)16/h1-4,9H. The summed E-state index contributed by atoms with van der Waals surface area (Å²) in [4.78, 5) is 0.660. The van der Waals surface area contributed by atoms with E-state index in [2.05, 4.69) is 15.9 Å². The van der Waals surface area contributed by atoms with Crippen LogP contribution >= 0.6 is 50.5 Å². The van der Waals surface area contributed by atoms with Gasteiger partial charge in [-0.25, -0.2) is 8.78 Å². The molecule has 2 rings (SSSR count). The molecule has 1 aromatic carbocycles. The number of benzene rings is 1. The highest BCUT2D eigenvalue weighted by molar-refractivity contribution is 9.11. The zero-order valence-electron chi connectivity index (χ0n) is 8.18. The number of halogens is 5. The summed E-state index contributed by atoms with van der Waals surface area (Å²) in [6, 6.07) is 5.57. The van der Waals surface area contributed by atoms with Crippen molar-refractivity contribution in [3.63, 3.8) is 0 Å². The van der Waals surface area contributed by atoms with Gasteiger partial charge in [0.15, 0.2) is 11.6 Å². The van der Waals surface area contributed by atoms with E-state index in [0.29, 0.717) is 9.90 Å². The van der Waals surface area contributed by atoms with Crippen molar-refractivity contribution >= 4 is 50.5 Å². The van der Waals surface area contributed by atoms with Crippen LogP contribution in [0.5, 0.6) is 0 Å². The highest BCUT2D eigenvalue weighted by Crippen LogP contribution is 2.41. The van der Waals surface area contributed by atoms with Gasteiger partial charge in [0.05, 0.1) is 14.2 Å². The van der Waals surface area contributed by atoms with Crippen molar-refractivity contribution in [2.24, 2.45) is 0 Å². The number of alkyl halides is 1. The normalized spacial score (nSPS) is 12.8. The van der Waals surface area contributed by atoms with Crippen LogP contribution in [-0.2, 0) is 0 Å².